The molecule has 18 heavy (non-hydrogen) atoms. The standard InChI is InChI=1S/C14H21NO3/c1-13(2)9(10(13)12(17)18)11(16)15-7-14(5-6-14)8-3-4-8/h8-10H,3-7H2,1-2H3,(H,15,16)(H,17,18). The highest BCUT2D eigenvalue weighted by molar-refractivity contribution is 5.91. The highest BCUT2D eigenvalue weighted by atomic mass is 16.4. The molecule has 4 heteroatoms. The van der Waals surface area contributed by atoms with Crippen LogP contribution in [0.15, 0.2) is 0 Å². The second-order valence-corrected chi connectivity index (χ2v) is 6.97. The molecule has 0 saturated heterocycles. The molecule has 2 unspecified atom stereocenters. The SMILES string of the molecule is CC1(C)C(C(=O)O)C1C(=O)NCC1(C2CC2)CC1. The van der Waals surface area contributed by atoms with Crippen molar-refractivity contribution in [3.63, 3.8) is 0 Å². The molecule has 0 aromatic heterocycles. The molecule has 1 amide bonds. The normalized spacial score (nSPS) is 34.8. The molecule has 3 rings (SSSR count). The quantitative estimate of drug-likeness (QED) is 0.780. The van der Waals surface area contributed by atoms with E-state index < -0.39 is 11.9 Å². The van der Waals surface area contributed by atoms with Crippen molar-refractivity contribution in [3.05, 3.63) is 0 Å². The fraction of sp³-hybridized carbons (Fsp3) is 0.857. The van der Waals surface area contributed by atoms with Gasteiger partial charge in [-0.25, -0.2) is 0 Å². The van der Waals surface area contributed by atoms with E-state index in [1.165, 1.54) is 25.7 Å². The van der Waals surface area contributed by atoms with E-state index in [-0.39, 0.29) is 17.2 Å². The largest absolute Gasteiger partial charge is 0.481 e. The number of nitrogens with one attached hydrogen (secondary N) is 1. The molecule has 0 aromatic rings. The number of aliphatic carboxylic acids is 1. The summed E-state index contributed by atoms with van der Waals surface area (Å²) in [5.41, 5.74) is -0.000372. The molecule has 100 valence electrons. The van der Waals surface area contributed by atoms with Gasteiger partial charge in [0.2, 0.25) is 5.91 Å². The maximum Gasteiger partial charge on any atom is 0.307 e. The zero-order valence-electron chi connectivity index (χ0n) is 11.0. The predicted molar refractivity (Wildman–Crippen MR) is 65.8 cm³/mol. The van der Waals surface area contributed by atoms with Crippen LogP contribution in [0, 0.1) is 28.6 Å². The number of hydrogen-bond acceptors (Lipinski definition) is 2. The lowest BCUT2D eigenvalue weighted by molar-refractivity contribution is -0.140. The first-order chi connectivity index (χ1) is 8.38. The Morgan fingerprint density at radius 2 is 1.83 bits per heavy atom. The van der Waals surface area contributed by atoms with Gasteiger partial charge in [-0.3, -0.25) is 9.59 Å². The van der Waals surface area contributed by atoms with Crippen LogP contribution in [0.5, 0.6) is 0 Å². The van der Waals surface area contributed by atoms with Gasteiger partial charge in [-0.2, -0.15) is 0 Å². The minimum absolute atomic E-state index is 0.0562. The second-order valence-electron chi connectivity index (χ2n) is 6.97. The first kappa shape index (κ1) is 12.0. The molecule has 0 aromatic carbocycles. The average molecular weight is 251 g/mol. The third kappa shape index (κ3) is 1.73. The Morgan fingerprint density at radius 3 is 2.22 bits per heavy atom. The Labute approximate surface area is 107 Å². The molecule has 0 heterocycles. The van der Waals surface area contributed by atoms with Crippen LogP contribution in [0.25, 0.3) is 0 Å². The van der Waals surface area contributed by atoms with Crippen LogP contribution in [0.1, 0.15) is 39.5 Å². The van der Waals surface area contributed by atoms with E-state index in [1.807, 2.05) is 13.8 Å². The molecule has 0 bridgehead atoms. The van der Waals surface area contributed by atoms with Gasteiger partial charge in [0, 0.05) is 6.54 Å². The van der Waals surface area contributed by atoms with Crippen molar-refractivity contribution in [2.45, 2.75) is 39.5 Å². The number of amides is 1. The van der Waals surface area contributed by atoms with E-state index in [2.05, 4.69) is 5.32 Å². The van der Waals surface area contributed by atoms with E-state index in [0.717, 1.165) is 12.5 Å². The summed E-state index contributed by atoms with van der Waals surface area (Å²) in [6, 6.07) is 0. The molecule has 3 saturated carbocycles. The van der Waals surface area contributed by atoms with Gasteiger partial charge in [0.25, 0.3) is 0 Å². The van der Waals surface area contributed by atoms with Gasteiger partial charge < -0.3 is 10.4 Å². The third-order valence-electron chi connectivity index (χ3n) is 5.33. The number of carbonyl (C=O) groups excluding carboxylic acids is 1. The Balaban J connectivity index is 1.55. The average Bonchev–Trinajstić information content (AvgIpc) is 3.11. The third-order valence-corrected chi connectivity index (χ3v) is 5.33. The number of rotatable bonds is 5. The molecule has 3 fully saturated rings. The van der Waals surface area contributed by atoms with Crippen molar-refractivity contribution in [3.8, 4) is 0 Å². The summed E-state index contributed by atoms with van der Waals surface area (Å²) < 4.78 is 0. The van der Waals surface area contributed by atoms with E-state index in [4.69, 9.17) is 5.11 Å². The topological polar surface area (TPSA) is 66.4 Å². The molecule has 0 aliphatic heterocycles. The number of hydrogen-bond donors (Lipinski definition) is 2. The predicted octanol–water partition coefficient (Wildman–Crippen LogP) is 1.65. The minimum atomic E-state index is -0.844. The molecule has 4 nitrogen and oxygen atoms in total. The first-order valence-corrected chi connectivity index (χ1v) is 6.89. The maximum absolute atomic E-state index is 12.1. The van der Waals surface area contributed by atoms with E-state index >= 15 is 0 Å². The smallest absolute Gasteiger partial charge is 0.307 e. The minimum Gasteiger partial charge on any atom is -0.481 e. The van der Waals surface area contributed by atoms with Crippen molar-refractivity contribution >= 4 is 11.9 Å². The maximum atomic E-state index is 12.1. The summed E-state index contributed by atoms with van der Waals surface area (Å²) >= 11 is 0. The summed E-state index contributed by atoms with van der Waals surface area (Å²) in [6.07, 6.45) is 5.08. The van der Waals surface area contributed by atoms with Gasteiger partial charge in [-0.15, -0.1) is 0 Å². The summed E-state index contributed by atoms with van der Waals surface area (Å²) in [4.78, 5) is 23.1. The molecule has 3 aliphatic carbocycles. The van der Waals surface area contributed by atoms with Gasteiger partial charge in [-0.05, 0) is 42.4 Å². The lowest BCUT2D eigenvalue weighted by Crippen LogP contribution is -2.33. The van der Waals surface area contributed by atoms with Crippen LogP contribution >= 0.6 is 0 Å². The lowest BCUT2D eigenvalue weighted by atomic mass is 10.0. The van der Waals surface area contributed by atoms with Crippen molar-refractivity contribution in [1.82, 2.24) is 5.32 Å². The van der Waals surface area contributed by atoms with Gasteiger partial charge in [-0.1, -0.05) is 13.8 Å². The van der Waals surface area contributed by atoms with Crippen LogP contribution in [0.4, 0.5) is 0 Å². The van der Waals surface area contributed by atoms with Gasteiger partial charge in [0.1, 0.15) is 0 Å². The first-order valence-electron chi connectivity index (χ1n) is 6.89. The molecule has 2 N–H and O–H groups in total. The Hall–Kier alpha value is -1.06. The van der Waals surface area contributed by atoms with Crippen molar-refractivity contribution in [2.75, 3.05) is 6.54 Å². The van der Waals surface area contributed by atoms with Gasteiger partial charge in [0.05, 0.1) is 11.8 Å². The second kappa shape index (κ2) is 3.49. The van der Waals surface area contributed by atoms with E-state index in [1.54, 1.807) is 0 Å². The fourth-order valence-electron chi connectivity index (χ4n) is 3.55. The molecule has 0 spiro atoms. The summed E-state index contributed by atoms with van der Waals surface area (Å²) in [6.45, 7) is 4.49. The van der Waals surface area contributed by atoms with Crippen molar-refractivity contribution < 1.29 is 14.7 Å². The Morgan fingerprint density at radius 1 is 1.22 bits per heavy atom. The van der Waals surface area contributed by atoms with Gasteiger partial charge in [0.15, 0.2) is 0 Å². The molecular weight excluding hydrogens is 230 g/mol. The Kier molecular flexibility index (Phi) is 2.32. The van der Waals surface area contributed by atoms with Crippen LogP contribution in [0.2, 0.25) is 0 Å². The fourth-order valence-corrected chi connectivity index (χ4v) is 3.55. The molecular formula is C14H21NO3. The summed E-state index contributed by atoms with van der Waals surface area (Å²) in [7, 11) is 0. The highest BCUT2D eigenvalue weighted by Crippen LogP contribution is 2.61. The molecule has 0 radical (unpaired) electrons. The number of carbonyl (C=O) groups is 2. The summed E-state index contributed by atoms with van der Waals surface area (Å²) in [5.74, 6) is -0.929. The lowest BCUT2D eigenvalue weighted by Gasteiger charge is -2.15. The van der Waals surface area contributed by atoms with Crippen LogP contribution < -0.4 is 5.32 Å². The number of carboxylic acids is 1. The summed E-state index contributed by atoms with van der Waals surface area (Å²) in [5, 5.41) is 12.1. The Bertz CT molecular complexity index is 407. The van der Waals surface area contributed by atoms with Crippen LogP contribution in [-0.4, -0.2) is 23.5 Å². The van der Waals surface area contributed by atoms with Gasteiger partial charge >= 0.3 is 5.97 Å². The zero-order valence-corrected chi connectivity index (χ0v) is 11.0. The highest BCUT2D eigenvalue weighted by Gasteiger charge is 2.66. The molecule has 2 atom stereocenters. The van der Waals surface area contributed by atoms with Crippen LogP contribution in [0.3, 0.4) is 0 Å². The number of carboxylic acid groups (broad SMARTS) is 1. The van der Waals surface area contributed by atoms with Crippen LogP contribution in [-0.2, 0) is 9.59 Å². The van der Waals surface area contributed by atoms with E-state index in [0.29, 0.717) is 5.41 Å². The molecule has 3 aliphatic rings. The van der Waals surface area contributed by atoms with Crippen molar-refractivity contribution in [2.24, 2.45) is 28.6 Å². The zero-order chi connectivity index (χ0) is 13.1. The van der Waals surface area contributed by atoms with E-state index in [9.17, 15) is 9.59 Å². The monoisotopic (exact) mass is 251 g/mol. The van der Waals surface area contributed by atoms with Crippen molar-refractivity contribution in [1.29, 1.82) is 0 Å².